The first-order chi connectivity index (χ1) is 11.6. The number of hydrogen-bond donors (Lipinski definition) is 1. The van der Waals surface area contributed by atoms with Gasteiger partial charge in [-0.25, -0.2) is 0 Å². The van der Waals surface area contributed by atoms with Crippen LogP contribution in [0.15, 0.2) is 12.1 Å². The fraction of sp³-hybridized carbons (Fsp3) is 0.714. The number of aromatic hydroxyl groups is 1. The maximum atomic E-state index is 10.1. The van der Waals surface area contributed by atoms with E-state index in [9.17, 15) is 5.11 Å². The molecule has 2 fully saturated rings. The van der Waals surface area contributed by atoms with Crippen molar-refractivity contribution < 1.29 is 14.6 Å². The third-order valence-electron chi connectivity index (χ3n) is 7.60. The van der Waals surface area contributed by atoms with Crippen LogP contribution in [0.25, 0.3) is 0 Å². The van der Waals surface area contributed by atoms with Gasteiger partial charge in [-0.1, -0.05) is 6.92 Å². The van der Waals surface area contributed by atoms with E-state index in [1.807, 2.05) is 13.2 Å². The summed E-state index contributed by atoms with van der Waals surface area (Å²) in [5, 5.41) is 10.1. The van der Waals surface area contributed by atoms with Gasteiger partial charge in [-0.3, -0.25) is 0 Å². The molecule has 3 heteroatoms. The number of hydrogen-bond acceptors (Lipinski definition) is 3. The van der Waals surface area contributed by atoms with E-state index in [1.165, 1.54) is 49.7 Å². The van der Waals surface area contributed by atoms with E-state index in [1.54, 1.807) is 7.11 Å². The molecule has 0 spiro atoms. The van der Waals surface area contributed by atoms with Gasteiger partial charge in [-0.2, -0.15) is 0 Å². The summed E-state index contributed by atoms with van der Waals surface area (Å²) >= 11 is 0. The number of methoxy groups -OCH3 is 2. The molecule has 2 saturated carbocycles. The average Bonchev–Trinajstić information content (AvgIpc) is 2.99. The highest BCUT2D eigenvalue weighted by Crippen LogP contribution is 2.63. The van der Waals surface area contributed by atoms with Crippen LogP contribution in [-0.4, -0.2) is 25.4 Å². The number of aryl methyl sites for hydroxylation is 1. The molecule has 0 heterocycles. The van der Waals surface area contributed by atoms with Gasteiger partial charge < -0.3 is 14.6 Å². The number of fused-ring (bicyclic) bond motifs is 5. The second-order valence-corrected chi connectivity index (χ2v) is 8.07. The van der Waals surface area contributed by atoms with Crippen LogP contribution >= 0.6 is 0 Å². The molecule has 0 aliphatic heterocycles. The summed E-state index contributed by atoms with van der Waals surface area (Å²) in [6.45, 7) is 2.36. The highest BCUT2D eigenvalue weighted by Gasteiger charge is 2.56. The minimum Gasteiger partial charge on any atom is -0.504 e. The average molecular weight is 330 g/mol. The van der Waals surface area contributed by atoms with Gasteiger partial charge in [0.15, 0.2) is 11.5 Å². The lowest BCUT2D eigenvalue weighted by Gasteiger charge is -2.52. The van der Waals surface area contributed by atoms with Crippen molar-refractivity contribution in [3.05, 3.63) is 23.3 Å². The number of phenols is 1. The largest absolute Gasteiger partial charge is 0.504 e. The number of rotatable bonds is 3. The van der Waals surface area contributed by atoms with Gasteiger partial charge >= 0.3 is 0 Å². The standard InChI is InChI=1S/C21H30O3/c1-4-21-10-9-14-15(17(21)7-8-20(21)24-3)6-5-13-11-18(22)19(23-2)12-16(13)14/h11-12,14-15,17,20,22H,4-10H2,1-3H3/t14-,15+,17-,20-,21-/m0/s1. The van der Waals surface area contributed by atoms with E-state index < -0.39 is 0 Å². The lowest BCUT2D eigenvalue weighted by molar-refractivity contribution is -0.0592. The Labute approximate surface area is 145 Å². The summed E-state index contributed by atoms with van der Waals surface area (Å²) in [7, 11) is 3.55. The number of phenolic OH excluding ortho intramolecular Hbond substituents is 1. The van der Waals surface area contributed by atoms with E-state index in [2.05, 4.69) is 13.0 Å². The molecule has 0 radical (unpaired) electrons. The Morgan fingerprint density at radius 3 is 2.71 bits per heavy atom. The monoisotopic (exact) mass is 330 g/mol. The van der Waals surface area contributed by atoms with Crippen LogP contribution in [0, 0.1) is 17.3 Å². The summed E-state index contributed by atoms with van der Waals surface area (Å²) in [4.78, 5) is 0. The first-order valence-corrected chi connectivity index (χ1v) is 9.57. The van der Waals surface area contributed by atoms with E-state index in [0.29, 0.717) is 23.2 Å². The molecule has 0 unspecified atom stereocenters. The van der Waals surface area contributed by atoms with Crippen LogP contribution in [0.4, 0.5) is 0 Å². The second-order valence-electron chi connectivity index (χ2n) is 8.07. The maximum absolute atomic E-state index is 10.1. The zero-order valence-corrected chi connectivity index (χ0v) is 15.2. The SMILES string of the molecule is CC[C@]12CC[C@@H]3c4cc(OC)c(O)cc4CC[C@H]3[C@@H]1CC[C@@H]2OC. The molecule has 3 aliphatic carbocycles. The Hall–Kier alpha value is -1.22. The highest BCUT2D eigenvalue weighted by molar-refractivity contribution is 5.49. The zero-order chi connectivity index (χ0) is 16.9. The van der Waals surface area contributed by atoms with Crippen LogP contribution in [0.5, 0.6) is 11.5 Å². The Morgan fingerprint density at radius 1 is 1.17 bits per heavy atom. The predicted octanol–water partition coefficient (Wildman–Crippen LogP) is 4.66. The van der Waals surface area contributed by atoms with Crippen LogP contribution in [-0.2, 0) is 11.2 Å². The van der Waals surface area contributed by atoms with Gasteiger partial charge in [0.25, 0.3) is 0 Å². The van der Waals surface area contributed by atoms with E-state index in [4.69, 9.17) is 9.47 Å². The fourth-order valence-electron chi connectivity index (χ4n) is 6.53. The molecule has 132 valence electrons. The van der Waals surface area contributed by atoms with Crippen molar-refractivity contribution in [2.45, 2.75) is 63.9 Å². The van der Waals surface area contributed by atoms with Crippen LogP contribution in [0.3, 0.4) is 0 Å². The molecule has 3 aliphatic rings. The van der Waals surface area contributed by atoms with Crippen molar-refractivity contribution in [1.82, 2.24) is 0 Å². The predicted molar refractivity (Wildman–Crippen MR) is 94.7 cm³/mol. The van der Waals surface area contributed by atoms with Crippen molar-refractivity contribution in [3.8, 4) is 11.5 Å². The fourth-order valence-corrected chi connectivity index (χ4v) is 6.53. The van der Waals surface area contributed by atoms with Gasteiger partial charge in [-0.05, 0) is 91.4 Å². The van der Waals surface area contributed by atoms with Crippen LogP contribution in [0.1, 0.15) is 62.5 Å². The van der Waals surface area contributed by atoms with Gasteiger partial charge in [0, 0.05) is 7.11 Å². The first-order valence-electron chi connectivity index (χ1n) is 9.57. The first kappa shape index (κ1) is 16.3. The highest BCUT2D eigenvalue weighted by atomic mass is 16.5. The molecule has 0 saturated heterocycles. The maximum Gasteiger partial charge on any atom is 0.160 e. The summed E-state index contributed by atoms with van der Waals surface area (Å²) in [5.74, 6) is 3.10. The quantitative estimate of drug-likeness (QED) is 0.876. The molecular weight excluding hydrogens is 300 g/mol. The van der Waals surface area contributed by atoms with Gasteiger partial charge in [-0.15, -0.1) is 0 Å². The molecule has 3 nitrogen and oxygen atoms in total. The van der Waals surface area contributed by atoms with Crippen molar-refractivity contribution in [2.24, 2.45) is 17.3 Å². The molecule has 0 bridgehead atoms. The van der Waals surface area contributed by atoms with Crippen LogP contribution < -0.4 is 4.74 Å². The molecule has 1 N–H and O–H groups in total. The number of ether oxygens (including phenoxy) is 2. The third kappa shape index (κ3) is 2.13. The lowest BCUT2D eigenvalue weighted by Crippen LogP contribution is -2.46. The van der Waals surface area contributed by atoms with Crippen LogP contribution in [0.2, 0.25) is 0 Å². The van der Waals surface area contributed by atoms with Crippen molar-refractivity contribution in [2.75, 3.05) is 14.2 Å². The minimum atomic E-state index is 0.286. The van der Waals surface area contributed by atoms with E-state index in [-0.39, 0.29) is 5.75 Å². The molecule has 0 aromatic heterocycles. The Bertz CT molecular complexity index is 626. The summed E-state index contributed by atoms with van der Waals surface area (Å²) < 4.78 is 11.3. The number of benzene rings is 1. The third-order valence-corrected chi connectivity index (χ3v) is 7.60. The molecule has 24 heavy (non-hydrogen) atoms. The molecule has 1 aromatic rings. The summed E-state index contributed by atoms with van der Waals surface area (Å²) in [6.07, 6.45) is 9.09. The lowest BCUT2D eigenvalue weighted by atomic mass is 9.54. The summed E-state index contributed by atoms with van der Waals surface area (Å²) in [6, 6.07) is 4.06. The smallest absolute Gasteiger partial charge is 0.160 e. The van der Waals surface area contributed by atoms with E-state index in [0.717, 1.165) is 18.3 Å². The van der Waals surface area contributed by atoms with Crippen molar-refractivity contribution in [1.29, 1.82) is 0 Å². The Kier molecular flexibility index (Phi) is 4.03. The topological polar surface area (TPSA) is 38.7 Å². The Balaban J connectivity index is 1.71. The minimum absolute atomic E-state index is 0.286. The molecule has 1 aromatic carbocycles. The molecule has 5 atom stereocenters. The van der Waals surface area contributed by atoms with Crippen molar-refractivity contribution >= 4 is 0 Å². The van der Waals surface area contributed by atoms with Gasteiger partial charge in [0.05, 0.1) is 13.2 Å². The Morgan fingerprint density at radius 2 is 2.00 bits per heavy atom. The normalized spacial score (nSPS) is 37.5. The second kappa shape index (κ2) is 5.94. The zero-order valence-electron chi connectivity index (χ0n) is 15.2. The van der Waals surface area contributed by atoms with E-state index >= 15 is 0 Å². The summed E-state index contributed by atoms with van der Waals surface area (Å²) in [5.41, 5.74) is 3.17. The van der Waals surface area contributed by atoms with Gasteiger partial charge in [0.1, 0.15) is 0 Å². The molecule has 4 rings (SSSR count). The van der Waals surface area contributed by atoms with Crippen molar-refractivity contribution in [3.63, 3.8) is 0 Å². The molecule has 0 amide bonds. The molecular formula is C21H30O3. The van der Waals surface area contributed by atoms with Gasteiger partial charge in [0.2, 0.25) is 0 Å².